The number of nitrogens with one attached hydrogen (secondary N) is 1. The fourth-order valence-electron chi connectivity index (χ4n) is 2.71. The molecule has 0 heterocycles. The van der Waals surface area contributed by atoms with Crippen LogP contribution in [0.15, 0.2) is 47.6 Å². The molecule has 1 amide bonds. The molecule has 0 spiro atoms. The molecular weight excluding hydrogens is 364 g/mol. The summed E-state index contributed by atoms with van der Waals surface area (Å²) >= 11 is 0. The van der Waals surface area contributed by atoms with E-state index in [2.05, 4.69) is 10.5 Å². The molecule has 1 unspecified atom stereocenters. The van der Waals surface area contributed by atoms with Crippen LogP contribution < -0.4 is 14.8 Å². The first-order chi connectivity index (χ1) is 13.5. The Balaban J connectivity index is 1.98. The fraction of sp³-hybridized carbons (Fsp3) is 0.300. The summed E-state index contributed by atoms with van der Waals surface area (Å²) in [5.74, 6) is -0.0574. The van der Waals surface area contributed by atoms with E-state index < -0.39 is 12.0 Å². The summed E-state index contributed by atoms with van der Waals surface area (Å²) in [5.41, 5.74) is 1.94. The highest BCUT2D eigenvalue weighted by atomic mass is 16.5. The second-order valence-electron chi connectivity index (χ2n) is 6.09. The molecule has 0 aromatic heterocycles. The molecule has 2 aromatic carbocycles. The molecule has 28 heavy (non-hydrogen) atoms. The van der Waals surface area contributed by atoms with Crippen molar-refractivity contribution in [2.24, 2.45) is 5.18 Å². The Morgan fingerprint density at radius 1 is 1.07 bits per heavy atom. The number of carboxylic acids is 1. The van der Waals surface area contributed by atoms with E-state index in [-0.39, 0.29) is 25.2 Å². The molecule has 0 saturated carbocycles. The second-order valence-corrected chi connectivity index (χ2v) is 6.09. The van der Waals surface area contributed by atoms with E-state index in [9.17, 15) is 14.5 Å². The highest BCUT2D eigenvalue weighted by Gasteiger charge is 2.14. The number of hydrogen-bond acceptors (Lipinski definition) is 6. The number of nitroso groups, excluding NO2 is 1. The monoisotopic (exact) mass is 386 g/mol. The lowest BCUT2D eigenvalue weighted by atomic mass is 10.0. The number of amides is 1. The van der Waals surface area contributed by atoms with Crippen molar-refractivity contribution in [2.45, 2.75) is 25.3 Å². The SMILES string of the molecule is COc1ccc(CC(=O)Nc2ccc(C(CCC(=O)O)N=O)cc2)cc1OC. The summed E-state index contributed by atoms with van der Waals surface area (Å²) in [5, 5.41) is 14.5. The van der Waals surface area contributed by atoms with Gasteiger partial charge in [0.15, 0.2) is 11.5 Å². The van der Waals surface area contributed by atoms with Crippen LogP contribution in [0.1, 0.15) is 30.0 Å². The molecule has 0 radical (unpaired) electrons. The number of methoxy groups -OCH3 is 2. The van der Waals surface area contributed by atoms with Gasteiger partial charge in [-0.05, 0) is 41.8 Å². The molecule has 2 rings (SSSR count). The number of benzene rings is 2. The van der Waals surface area contributed by atoms with Crippen LogP contribution in [-0.2, 0) is 16.0 Å². The Morgan fingerprint density at radius 3 is 2.32 bits per heavy atom. The number of rotatable bonds is 10. The summed E-state index contributed by atoms with van der Waals surface area (Å²) in [6, 6.07) is 11.1. The Kier molecular flexibility index (Phi) is 7.50. The fourth-order valence-corrected chi connectivity index (χ4v) is 2.71. The van der Waals surface area contributed by atoms with E-state index in [1.807, 2.05) is 0 Å². The first kappa shape index (κ1) is 20.9. The molecule has 0 saturated heterocycles. The van der Waals surface area contributed by atoms with Crippen molar-refractivity contribution in [3.63, 3.8) is 0 Å². The van der Waals surface area contributed by atoms with Gasteiger partial charge in [-0.15, -0.1) is 0 Å². The van der Waals surface area contributed by atoms with E-state index in [4.69, 9.17) is 14.6 Å². The number of ether oxygens (including phenoxy) is 2. The van der Waals surface area contributed by atoms with Crippen molar-refractivity contribution < 1.29 is 24.2 Å². The highest BCUT2D eigenvalue weighted by molar-refractivity contribution is 5.92. The standard InChI is InChI=1S/C20H22N2O6/c1-27-17-9-3-13(11-18(17)28-2)12-19(23)21-15-6-4-14(5-7-15)16(22-26)8-10-20(24)25/h3-7,9,11,16H,8,10,12H2,1-2H3,(H,21,23)(H,24,25). The van der Waals surface area contributed by atoms with Gasteiger partial charge >= 0.3 is 5.97 Å². The molecule has 0 aliphatic heterocycles. The van der Waals surface area contributed by atoms with Gasteiger partial charge in [-0.1, -0.05) is 23.4 Å². The van der Waals surface area contributed by atoms with Crippen LogP contribution in [0.3, 0.4) is 0 Å². The zero-order valence-corrected chi connectivity index (χ0v) is 15.7. The van der Waals surface area contributed by atoms with E-state index in [1.54, 1.807) is 49.6 Å². The summed E-state index contributed by atoms with van der Waals surface area (Å²) in [4.78, 5) is 33.9. The first-order valence-corrected chi connectivity index (χ1v) is 8.61. The molecular formula is C20H22N2O6. The van der Waals surface area contributed by atoms with E-state index in [0.717, 1.165) is 5.56 Å². The Hall–Kier alpha value is -3.42. The predicted molar refractivity (Wildman–Crippen MR) is 104 cm³/mol. The molecule has 2 aromatic rings. The maximum Gasteiger partial charge on any atom is 0.303 e. The van der Waals surface area contributed by atoms with Gasteiger partial charge in [0.05, 0.1) is 20.6 Å². The van der Waals surface area contributed by atoms with Gasteiger partial charge in [-0.2, -0.15) is 4.91 Å². The minimum atomic E-state index is -0.979. The van der Waals surface area contributed by atoms with Gasteiger partial charge < -0.3 is 19.9 Å². The van der Waals surface area contributed by atoms with Gasteiger partial charge in [0, 0.05) is 12.1 Å². The third-order valence-electron chi connectivity index (χ3n) is 4.15. The van der Waals surface area contributed by atoms with Gasteiger partial charge in [-0.25, -0.2) is 0 Å². The lowest BCUT2D eigenvalue weighted by Gasteiger charge is -2.11. The molecule has 0 aliphatic carbocycles. The Bertz CT molecular complexity index is 835. The number of carbonyl (C=O) groups is 2. The summed E-state index contributed by atoms with van der Waals surface area (Å²) < 4.78 is 10.4. The smallest absolute Gasteiger partial charge is 0.303 e. The van der Waals surface area contributed by atoms with Crippen molar-refractivity contribution in [1.29, 1.82) is 0 Å². The quantitative estimate of drug-likeness (QED) is 0.604. The minimum absolute atomic E-state index is 0.129. The summed E-state index contributed by atoms with van der Waals surface area (Å²) in [6.45, 7) is 0. The van der Waals surface area contributed by atoms with Crippen molar-refractivity contribution in [3.8, 4) is 11.5 Å². The lowest BCUT2D eigenvalue weighted by molar-refractivity contribution is -0.137. The zero-order chi connectivity index (χ0) is 20.5. The van der Waals surface area contributed by atoms with Crippen molar-refractivity contribution >= 4 is 17.6 Å². The normalized spacial score (nSPS) is 11.4. The van der Waals surface area contributed by atoms with Crippen LogP contribution in [0.5, 0.6) is 11.5 Å². The van der Waals surface area contributed by atoms with Gasteiger partial charge in [-0.3, -0.25) is 9.59 Å². The Morgan fingerprint density at radius 2 is 1.75 bits per heavy atom. The van der Waals surface area contributed by atoms with E-state index in [0.29, 0.717) is 22.7 Å². The van der Waals surface area contributed by atoms with Crippen molar-refractivity contribution in [3.05, 3.63) is 58.5 Å². The van der Waals surface area contributed by atoms with Gasteiger partial charge in [0.25, 0.3) is 0 Å². The Labute approximate surface area is 162 Å². The van der Waals surface area contributed by atoms with E-state index in [1.165, 1.54) is 7.11 Å². The largest absolute Gasteiger partial charge is 0.493 e. The van der Waals surface area contributed by atoms with Gasteiger partial charge in [0.1, 0.15) is 6.04 Å². The average Bonchev–Trinajstić information content (AvgIpc) is 2.69. The molecule has 148 valence electrons. The van der Waals surface area contributed by atoms with Crippen LogP contribution in [-0.4, -0.2) is 31.2 Å². The molecule has 2 N–H and O–H groups in total. The van der Waals surface area contributed by atoms with Crippen LogP contribution in [0.2, 0.25) is 0 Å². The second kappa shape index (κ2) is 10.1. The number of carbonyl (C=O) groups excluding carboxylic acids is 1. The predicted octanol–water partition coefficient (Wildman–Crippen LogP) is 3.56. The van der Waals surface area contributed by atoms with Crippen LogP contribution in [0.4, 0.5) is 5.69 Å². The molecule has 8 heteroatoms. The third-order valence-corrected chi connectivity index (χ3v) is 4.15. The summed E-state index contributed by atoms with van der Waals surface area (Å²) in [7, 11) is 3.07. The molecule has 0 bridgehead atoms. The maximum atomic E-state index is 12.3. The van der Waals surface area contributed by atoms with Crippen molar-refractivity contribution in [2.75, 3.05) is 19.5 Å². The first-order valence-electron chi connectivity index (χ1n) is 8.61. The van der Waals surface area contributed by atoms with Crippen molar-refractivity contribution in [1.82, 2.24) is 0 Å². The number of hydrogen-bond donors (Lipinski definition) is 2. The van der Waals surface area contributed by atoms with Crippen LogP contribution >= 0.6 is 0 Å². The topological polar surface area (TPSA) is 114 Å². The molecule has 1 atom stereocenters. The number of anilines is 1. The molecule has 0 aliphatic rings. The minimum Gasteiger partial charge on any atom is -0.493 e. The number of carboxylic acid groups (broad SMARTS) is 1. The number of nitrogens with zero attached hydrogens (tertiary/aromatic N) is 1. The summed E-state index contributed by atoms with van der Waals surface area (Å²) in [6.07, 6.45) is 0.142. The number of aliphatic carboxylic acids is 1. The van der Waals surface area contributed by atoms with Crippen LogP contribution in [0, 0.1) is 4.91 Å². The average molecular weight is 386 g/mol. The molecule has 8 nitrogen and oxygen atoms in total. The highest BCUT2D eigenvalue weighted by Crippen LogP contribution is 2.28. The maximum absolute atomic E-state index is 12.3. The third kappa shape index (κ3) is 5.80. The molecule has 0 fully saturated rings. The van der Waals surface area contributed by atoms with Crippen LogP contribution in [0.25, 0.3) is 0 Å². The van der Waals surface area contributed by atoms with E-state index >= 15 is 0 Å². The van der Waals surface area contributed by atoms with Gasteiger partial charge in [0.2, 0.25) is 5.91 Å². The zero-order valence-electron chi connectivity index (χ0n) is 15.7. The lowest BCUT2D eigenvalue weighted by Crippen LogP contribution is -2.14.